The SMILES string of the molecule is CCCC(C)(Nc1cncc(OC)n1)C(=O)O. The normalized spacial score (nSPS) is 13.8. The fraction of sp³-hybridized carbons (Fsp3) is 0.545. The minimum Gasteiger partial charge on any atom is -0.480 e. The average molecular weight is 239 g/mol. The lowest BCUT2D eigenvalue weighted by Crippen LogP contribution is -2.43. The summed E-state index contributed by atoms with van der Waals surface area (Å²) in [6.07, 6.45) is 4.19. The van der Waals surface area contributed by atoms with Gasteiger partial charge >= 0.3 is 5.97 Å². The molecule has 0 aliphatic carbocycles. The number of methoxy groups -OCH3 is 1. The Hall–Kier alpha value is -1.85. The number of anilines is 1. The summed E-state index contributed by atoms with van der Waals surface area (Å²) in [5, 5.41) is 12.1. The van der Waals surface area contributed by atoms with Crippen molar-refractivity contribution in [3.05, 3.63) is 12.4 Å². The molecular formula is C11H17N3O3. The number of hydrogen-bond acceptors (Lipinski definition) is 5. The molecule has 1 atom stereocenters. The van der Waals surface area contributed by atoms with Crippen molar-refractivity contribution in [2.24, 2.45) is 0 Å². The van der Waals surface area contributed by atoms with Gasteiger partial charge in [0.25, 0.3) is 0 Å². The van der Waals surface area contributed by atoms with Crippen LogP contribution in [0.5, 0.6) is 5.88 Å². The number of aromatic nitrogens is 2. The molecule has 0 spiro atoms. The summed E-state index contributed by atoms with van der Waals surface area (Å²) in [6.45, 7) is 3.56. The molecule has 1 aromatic heterocycles. The summed E-state index contributed by atoms with van der Waals surface area (Å²) in [5.41, 5.74) is -1.05. The zero-order chi connectivity index (χ0) is 12.9. The Morgan fingerprint density at radius 1 is 1.59 bits per heavy atom. The first-order valence-electron chi connectivity index (χ1n) is 5.39. The molecule has 0 aliphatic heterocycles. The van der Waals surface area contributed by atoms with Crippen LogP contribution < -0.4 is 10.1 Å². The highest BCUT2D eigenvalue weighted by Gasteiger charge is 2.32. The Morgan fingerprint density at radius 2 is 2.29 bits per heavy atom. The van der Waals surface area contributed by atoms with Crippen molar-refractivity contribution in [2.45, 2.75) is 32.2 Å². The van der Waals surface area contributed by atoms with Crippen LogP contribution >= 0.6 is 0 Å². The topological polar surface area (TPSA) is 84.3 Å². The van der Waals surface area contributed by atoms with Gasteiger partial charge in [0.1, 0.15) is 11.4 Å². The molecule has 2 N–H and O–H groups in total. The molecule has 0 amide bonds. The predicted molar refractivity (Wildman–Crippen MR) is 63.2 cm³/mol. The molecule has 0 fully saturated rings. The van der Waals surface area contributed by atoms with E-state index in [0.29, 0.717) is 18.1 Å². The molecule has 0 bridgehead atoms. The fourth-order valence-electron chi connectivity index (χ4n) is 1.51. The van der Waals surface area contributed by atoms with Crippen LogP contribution in [0.1, 0.15) is 26.7 Å². The third-order valence-corrected chi connectivity index (χ3v) is 2.45. The molecule has 6 heteroatoms. The summed E-state index contributed by atoms with van der Waals surface area (Å²) >= 11 is 0. The zero-order valence-electron chi connectivity index (χ0n) is 10.2. The van der Waals surface area contributed by atoms with E-state index in [0.717, 1.165) is 6.42 Å². The van der Waals surface area contributed by atoms with Crippen LogP contribution in [0.4, 0.5) is 5.82 Å². The molecule has 6 nitrogen and oxygen atoms in total. The number of carboxylic acid groups (broad SMARTS) is 1. The van der Waals surface area contributed by atoms with Crippen LogP contribution in [0.3, 0.4) is 0 Å². The van der Waals surface area contributed by atoms with Crippen molar-refractivity contribution in [1.82, 2.24) is 9.97 Å². The Labute approximate surface area is 100 Å². The molecule has 94 valence electrons. The number of carboxylic acids is 1. The van der Waals surface area contributed by atoms with Gasteiger partial charge in [0.2, 0.25) is 5.88 Å². The molecule has 17 heavy (non-hydrogen) atoms. The minimum atomic E-state index is -1.05. The van der Waals surface area contributed by atoms with Crippen LogP contribution in [0, 0.1) is 0 Å². The van der Waals surface area contributed by atoms with Crippen LogP contribution in [0.15, 0.2) is 12.4 Å². The molecule has 1 aromatic rings. The quantitative estimate of drug-likeness (QED) is 0.783. The number of carbonyl (C=O) groups is 1. The number of nitrogens with one attached hydrogen (secondary N) is 1. The van der Waals surface area contributed by atoms with Gasteiger partial charge in [-0.05, 0) is 13.3 Å². The Balaban J connectivity index is 2.89. The Morgan fingerprint density at radius 3 is 2.82 bits per heavy atom. The van der Waals surface area contributed by atoms with Gasteiger partial charge in [-0.15, -0.1) is 0 Å². The number of ether oxygens (including phenoxy) is 1. The van der Waals surface area contributed by atoms with E-state index < -0.39 is 11.5 Å². The van der Waals surface area contributed by atoms with Gasteiger partial charge in [0.15, 0.2) is 0 Å². The van der Waals surface area contributed by atoms with Gasteiger partial charge < -0.3 is 15.2 Å². The van der Waals surface area contributed by atoms with E-state index >= 15 is 0 Å². The summed E-state index contributed by atoms with van der Waals surface area (Å²) < 4.78 is 4.93. The van der Waals surface area contributed by atoms with Crippen LogP contribution in [0.2, 0.25) is 0 Å². The predicted octanol–water partition coefficient (Wildman–Crippen LogP) is 1.54. The van der Waals surface area contributed by atoms with Crippen LogP contribution in [-0.4, -0.2) is 33.7 Å². The number of aliphatic carboxylic acids is 1. The highest BCUT2D eigenvalue weighted by atomic mass is 16.5. The molecule has 1 rings (SSSR count). The van der Waals surface area contributed by atoms with Gasteiger partial charge in [-0.2, -0.15) is 4.98 Å². The Bertz CT molecular complexity index is 397. The van der Waals surface area contributed by atoms with Gasteiger partial charge in [0.05, 0.1) is 19.5 Å². The molecule has 0 aliphatic rings. The van der Waals surface area contributed by atoms with Gasteiger partial charge in [-0.1, -0.05) is 13.3 Å². The first-order chi connectivity index (χ1) is 8.01. The molecule has 0 radical (unpaired) electrons. The van der Waals surface area contributed by atoms with Crippen molar-refractivity contribution in [2.75, 3.05) is 12.4 Å². The zero-order valence-corrected chi connectivity index (χ0v) is 10.2. The molecule has 0 saturated carbocycles. The van der Waals surface area contributed by atoms with E-state index in [1.54, 1.807) is 6.92 Å². The molecule has 1 unspecified atom stereocenters. The van der Waals surface area contributed by atoms with Crippen LogP contribution in [0.25, 0.3) is 0 Å². The standard InChI is InChI=1S/C11H17N3O3/c1-4-5-11(2,10(15)16)14-8-6-12-7-9(13-8)17-3/h6-7H,4-5H2,1-3H3,(H,13,14)(H,15,16). The van der Waals surface area contributed by atoms with E-state index in [-0.39, 0.29) is 0 Å². The van der Waals surface area contributed by atoms with Crippen molar-refractivity contribution in [3.63, 3.8) is 0 Å². The largest absolute Gasteiger partial charge is 0.480 e. The van der Waals surface area contributed by atoms with Gasteiger partial charge in [-0.25, -0.2) is 4.79 Å². The smallest absolute Gasteiger partial charge is 0.329 e. The number of hydrogen-bond donors (Lipinski definition) is 2. The highest BCUT2D eigenvalue weighted by Crippen LogP contribution is 2.19. The number of nitrogens with zero attached hydrogens (tertiary/aromatic N) is 2. The van der Waals surface area contributed by atoms with Crippen molar-refractivity contribution in [3.8, 4) is 5.88 Å². The van der Waals surface area contributed by atoms with Gasteiger partial charge in [-0.3, -0.25) is 4.98 Å². The first kappa shape index (κ1) is 13.2. The maximum absolute atomic E-state index is 11.2. The van der Waals surface area contributed by atoms with E-state index in [1.807, 2.05) is 6.92 Å². The Kier molecular flexibility index (Phi) is 4.25. The molecular weight excluding hydrogens is 222 g/mol. The summed E-state index contributed by atoms with van der Waals surface area (Å²) in [7, 11) is 1.48. The monoisotopic (exact) mass is 239 g/mol. The average Bonchev–Trinajstić information content (AvgIpc) is 2.29. The fourth-order valence-corrected chi connectivity index (χ4v) is 1.51. The second-order valence-electron chi connectivity index (χ2n) is 3.96. The van der Waals surface area contributed by atoms with Gasteiger partial charge in [0, 0.05) is 0 Å². The second-order valence-corrected chi connectivity index (χ2v) is 3.96. The third kappa shape index (κ3) is 3.30. The van der Waals surface area contributed by atoms with Crippen molar-refractivity contribution in [1.29, 1.82) is 0 Å². The lowest BCUT2D eigenvalue weighted by molar-refractivity contribution is -0.142. The lowest BCUT2D eigenvalue weighted by atomic mass is 9.96. The van der Waals surface area contributed by atoms with E-state index in [1.165, 1.54) is 19.5 Å². The van der Waals surface area contributed by atoms with Crippen molar-refractivity contribution >= 4 is 11.8 Å². The maximum atomic E-state index is 11.2. The first-order valence-corrected chi connectivity index (χ1v) is 5.39. The molecule has 1 heterocycles. The van der Waals surface area contributed by atoms with E-state index in [2.05, 4.69) is 15.3 Å². The third-order valence-electron chi connectivity index (χ3n) is 2.45. The summed E-state index contributed by atoms with van der Waals surface area (Å²) in [4.78, 5) is 19.2. The minimum absolute atomic E-state index is 0.347. The van der Waals surface area contributed by atoms with E-state index in [9.17, 15) is 9.90 Å². The van der Waals surface area contributed by atoms with Crippen LogP contribution in [-0.2, 0) is 4.79 Å². The lowest BCUT2D eigenvalue weighted by Gasteiger charge is -2.26. The summed E-state index contributed by atoms with van der Waals surface area (Å²) in [5.74, 6) is -0.175. The second kappa shape index (κ2) is 5.47. The number of rotatable bonds is 6. The highest BCUT2D eigenvalue weighted by molar-refractivity contribution is 5.81. The molecule has 0 saturated heterocycles. The molecule has 0 aromatic carbocycles. The van der Waals surface area contributed by atoms with E-state index in [4.69, 9.17) is 4.74 Å². The maximum Gasteiger partial charge on any atom is 0.329 e. The van der Waals surface area contributed by atoms with Crippen molar-refractivity contribution < 1.29 is 14.6 Å². The summed E-state index contributed by atoms with van der Waals surface area (Å²) in [6, 6.07) is 0.